The number of benzene rings is 3. The average molecular weight is 527 g/mol. The van der Waals surface area contributed by atoms with Crippen molar-refractivity contribution in [2.45, 2.75) is 27.0 Å². The van der Waals surface area contributed by atoms with Gasteiger partial charge in [0.05, 0.1) is 19.8 Å². The number of carbonyl (C=O) groups excluding carboxylic acids is 1. The first-order valence-corrected chi connectivity index (χ1v) is 11.9. The highest BCUT2D eigenvalue weighted by Crippen LogP contribution is 2.43. The van der Waals surface area contributed by atoms with Gasteiger partial charge >= 0.3 is 0 Å². The van der Waals surface area contributed by atoms with Gasteiger partial charge in [-0.25, -0.2) is 0 Å². The highest BCUT2D eigenvalue weighted by atomic mass is 79.9. The number of rotatable bonds is 11. The van der Waals surface area contributed by atoms with Gasteiger partial charge in [0.2, 0.25) is 5.91 Å². The summed E-state index contributed by atoms with van der Waals surface area (Å²) in [6.45, 7) is 5.71. The van der Waals surface area contributed by atoms with Gasteiger partial charge in [-0.2, -0.15) is 0 Å². The number of ether oxygens (including phenoxy) is 3. The van der Waals surface area contributed by atoms with Crippen LogP contribution in [0, 0.1) is 6.92 Å². The van der Waals surface area contributed by atoms with Gasteiger partial charge in [0, 0.05) is 32.6 Å². The molecule has 0 unspecified atom stereocenters. The molecule has 7 heteroatoms. The van der Waals surface area contributed by atoms with Gasteiger partial charge in [-0.3, -0.25) is 4.79 Å². The van der Waals surface area contributed by atoms with Gasteiger partial charge < -0.3 is 24.8 Å². The summed E-state index contributed by atoms with van der Waals surface area (Å²) in [6, 6.07) is 18.5. The molecular formula is C27H31BrN2O4. The van der Waals surface area contributed by atoms with Crippen molar-refractivity contribution >= 4 is 21.8 Å². The van der Waals surface area contributed by atoms with E-state index in [2.05, 4.69) is 63.8 Å². The lowest BCUT2D eigenvalue weighted by Crippen LogP contribution is -2.30. The van der Waals surface area contributed by atoms with E-state index < -0.39 is 0 Å². The summed E-state index contributed by atoms with van der Waals surface area (Å²) in [5, 5.41) is 6.07. The first-order chi connectivity index (χ1) is 16.5. The van der Waals surface area contributed by atoms with Crippen LogP contribution in [0.5, 0.6) is 17.2 Å². The minimum absolute atomic E-state index is 0.0502. The summed E-state index contributed by atoms with van der Waals surface area (Å²) in [5.41, 5.74) is 5.53. The van der Waals surface area contributed by atoms with Crippen LogP contribution in [0.1, 0.15) is 23.6 Å². The molecule has 3 aromatic rings. The van der Waals surface area contributed by atoms with E-state index in [-0.39, 0.29) is 5.91 Å². The first-order valence-electron chi connectivity index (χ1n) is 11.1. The van der Waals surface area contributed by atoms with Crippen molar-refractivity contribution in [2.24, 2.45) is 0 Å². The number of methoxy groups -OCH3 is 2. The molecule has 0 radical (unpaired) electrons. The molecule has 3 aromatic carbocycles. The van der Waals surface area contributed by atoms with Gasteiger partial charge in [0.15, 0.2) is 0 Å². The molecule has 2 N–H and O–H groups in total. The minimum atomic E-state index is -0.0502. The Kier molecular flexibility index (Phi) is 9.36. The molecule has 0 aliphatic rings. The zero-order valence-electron chi connectivity index (χ0n) is 20.0. The van der Waals surface area contributed by atoms with E-state index in [1.165, 1.54) is 23.6 Å². The lowest BCUT2D eigenvalue weighted by molar-refractivity contribution is -0.118. The molecular weight excluding hydrogens is 496 g/mol. The number of nitrogens with one attached hydrogen (secondary N) is 2. The van der Waals surface area contributed by atoms with E-state index in [1.807, 2.05) is 24.3 Å². The molecule has 0 fully saturated rings. The number of carbonyl (C=O) groups is 1. The second-order valence-electron chi connectivity index (χ2n) is 7.81. The standard InChI is InChI=1S/C27H31BrN2O4/c1-18-21(11-8-12-22(18)20-9-6-5-7-10-20)17-34-25-15-24(32-3)23(27(33-4)26(25)28)16-29-13-14-30-19(2)31/h5-12,15,29H,13-14,16-17H2,1-4H3,(H,30,31). The zero-order chi connectivity index (χ0) is 24.5. The topological polar surface area (TPSA) is 68.8 Å². The normalized spacial score (nSPS) is 10.6. The van der Waals surface area contributed by atoms with Crippen molar-refractivity contribution in [3.8, 4) is 28.4 Å². The van der Waals surface area contributed by atoms with Crippen LogP contribution in [0.4, 0.5) is 0 Å². The predicted molar refractivity (Wildman–Crippen MR) is 139 cm³/mol. The Morgan fingerprint density at radius 1 is 0.971 bits per heavy atom. The van der Waals surface area contributed by atoms with Crippen LogP contribution in [0.2, 0.25) is 0 Å². The SMILES string of the molecule is COc1cc(OCc2cccc(-c3ccccc3)c2C)c(Br)c(OC)c1CNCCNC(C)=O. The molecule has 0 saturated heterocycles. The van der Waals surface area contributed by atoms with Crippen LogP contribution in [-0.2, 0) is 17.9 Å². The summed E-state index contributed by atoms with van der Waals surface area (Å²) in [7, 11) is 3.25. The van der Waals surface area contributed by atoms with E-state index in [9.17, 15) is 4.79 Å². The minimum Gasteiger partial charge on any atom is -0.496 e. The third-order valence-corrected chi connectivity index (χ3v) is 6.32. The smallest absolute Gasteiger partial charge is 0.216 e. The molecule has 34 heavy (non-hydrogen) atoms. The molecule has 0 aliphatic carbocycles. The number of hydrogen-bond donors (Lipinski definition) is 2. The lowest BCUT2D eigenvalue weighted by Gasteiger charge is -2.19. The summed E-state index contributed by atoms with van der Waals surface area (Å²) in [6.07, 6.45) is 0. The van der Waals surface area contributed by atoms with E-state index in [0.717, 1.165) is 15.6 Å². The molecule has 0 aliphatic heterocycles. The molecule has 3 rings (SSSR count). The maximum atomic E-state index is 11.0. The Bertz CT molecular complexity index is 1120. The molecule has 0 atom stereocenters. The molecule has 0 heterocycles. The molecule has 0 bridgehead atoms. The summed E-state index contributed by atoms with van der Waals surface area (Å²) < 4.78 is 18.3. The van der Waals surface area contributed by atoms with Gasteiger partial charge in [0.1, 0.15) is 28.3 Å². The molecule has 1 amide bonds. The maximum Gasteiger partial charge on any atom is 0.216 e. The van der Waals surface area contributed by atoms with Crippen molar-refractivity contribution in [1.82, 2.24) is 10.6 Å². The largest absolute Gasteiger partial charge is 0.496 e. The third kappa shape index (κ3) is 6.30. The summed E-state index contributed by atoms with van der Waals surface area (Å²) in [4.78, 5) is 11.0. The zero-order valence-corrected chi connectivity index (χ0v) is 21.6. The van der Waals surface area contributed by atoms with Crippen LogP contribution >= 0.6 is 15.9 Å². The molecule has 0 spiro atoms. The van der Waals surface area contributed by atoms with Gasteiger partial charge in [-0.05, 0) is 45.1 Å². The number of amides is 1. The Morgan fingerprint density at radius 2 is 1.74 bits per heavy atom. The van der Waals surface area contributed by atoms with Crippen LogP contribution in [0.15, 0.2) is 59.1 Å². The number of hydrogen-bond acceptors (Lipinski definition) is 5. The third-order valence-electron chi connectivity index (χ3n) is 5.56. The first kappa shape index (κ1) is 25.6. The van der Waals surface area contributed by atoms with Crippen molar-refractivity contribution in [1.29, 1.82) is 0 Å². The predicted octanol–water partition coefficient (Wildman–Crippen LogP) is 5.25. The lowest BCUT2D eigenvalue weighted by atomic mass is 9.97. The average Bonchev–Trinajstić information content (AvgIpc) is 2.84. The molecule has 0 saturated carbocycles. The van der Waals surface area contributed by atoms with Crippen molar-refractivity contribution in [3.05, 3.63) is 75.8 Å². The monoisotopic (exact) mass is 526 g/mol. The fourth-order valence-electron chi connectivity index (χ4n) is 3.76. The summed E-state index contributed by atoms with van der Waals surface area (Å²) in [5.74, 6) is 1.90. The highest BCUT2D eigenvalue weighted by Gasteiger charge is 2.19. The van der Waals surface area contributed by atoms with Crippen LogP contribution in [-0.4, -0.2) is 33.2 Å². The van der Waals surface area contributed by atoms with Crippen LogP contribution in [0.3, 0.4) is 0 Å². The number of halogens is 1. The van der Waals surface area contributed by atoms with Crippen LogP contribution < -0.4 is 24.8 Å². The highest BCUT2D eigenvalue weighted by molar-refractivity contribution is 9.10. The second kappa shape index (κ2) is 12.4. The Balaban J connectivity index is 1.78. The van der Waals surface area contributed by atoms with E-state index in [4.69, 9.17) is 14.2 Å². The molecule has 6 nitrogen and oxygen atoms in total. The summed E-state index contributed by atoms with van der Waals surface area (Å²) >= 11 is 3.65. The van der Waals surface area contributed by atoms with Crippen molar-refractivity contribution in [3.63, 3.8) is 0 Å². The fraction of sp³-hybridized carbons (Fsp3) is 0.296. The van der Waals surface area contributed by atoms with E-state index in [1.54, 1.807) is 14.2 Å². The van der Waals surface area contributed by atoms with E-state index >= 15 is 0 Å². The molecule has 0 aromatic heterocycles. The molecule has 180 valence electrons. The fourth-order valence-corrected chi connectivity index (χ4v) is 4.39. The Hall–Kier alpha value is -3.03. The van der Waals surface area contributed by atoms with Gasteiger partial charge in [-0.1, -0.05) is 48.5 Å². The van der Waals surface area contributed by atoms with Crippen LogP contribution in [0.25, 0.3) is 11.1 Å². The Morgan fingerprint density at radius 3 is 2.41 bits per heavy atom. The Labute approximate surface area is 209 Å². The maximum absolute atomic E-state index is 11.0. The van der Waals surface area contributed by atoms with Gasteiger partial charge in [-0.15, -0.1) is 0 Å². The second-order valence-corrected chi connectivity index (χ2v) is 8.60. The van der Waals surface area contributed by atoms with Gasteiger partial charge in [0.25, 0.3) is 0 Å². The van der Waals surface area contributed by atoms with Crippen molar-refractivity contribution < 1.29 is 19.0 Å². The van der Waals surface area contributed by atoms with E-state index in [0.29, 0.717) is 43.5 Å². The quantitative estimate of drug-likeness (QED) is 0.334. The van der Waals surface area contributed by atoms with Crippen molar-refractivity contribution in [2.75, 3.05) is 27.3 Å².